The summed E-state index contributed by atoms with van der Waals surface area (Å²) in [6.45, 7) is 4.39. The van der Waals surface area contributed by atoms with Crippen molar-refractivity contribution in [2.45, 2.75) is 31.7 Å². The van der Waals surface area contributed by atoms with Gasteiger partial charge in [0.25, 0.3) is 0 Å². The number of esters is 1. The second-order valence-electron chi connectivity index (χ2n) is 6.95. The summed E-state index contributed by atoms with van der Waals surface area (Å²) in [6.07, 6.45) is 1.38. The zero-order valence-corrected chi connectivity index (χ0v) is 16.7. The van der Waals surface area contributed by atoms with Crippen LogP contribution in [0.2, 0.25) is 0 Å². The van der Waals surface area contributed by atoms with Crippen LogP contribution in [0.1, 0.15) is 41.3 Å². The summed E-state index contributed by atoms with van der Waals surface area (Å²) in [4.78, 5) is 26.2. The number of benzene rings is 2. The fourth-order valence-corrected chi connectivity index (χ4v) is 3.79. The van der Waals surface area contributed by atoms with E-state index in [9.17, 15) is 9.59 Å². The summed E-state index contributed by atoms with van der Waals surface area (Å²) in [7, 11) is 0. The number of likely N-dealkylation sites (tertiary alicyclic amines) is 1. The van der Waals surface area contributed by atoms with Gasteiger partial charge in [-0.3, -0.25) is 9.69 Å². The first-order valence-electron chi connectivity index (χ1n) is 9.32. The summed E-state index contributed by atoms with van der Waals surface area (Å²) in [5.41, 5.74) is 1.68. The van der Waals surface area contributed by atoms with E-state index in [4.69, 9.17) is 9.84 Å². The number of halogens is 1. The molecule has 0 amide bonds. The van der Waals surface area contributed by atoms with Gasteiger partial charge in [-0.2, -0.15) is 0 Å². The highest BCUT2D eigenvalue weighted by molar-refractivity contribution is 5.87. The van der Waals surface area contributed by atoms with E-state index in [0.717, 1.165) is 24.2 Å². The molecule has 1 saturated heterocycles. The van der Waals surface area contributed by atoms with Crippen molar-refractivity contribution >= 4 is 11.9 Å². The Morgan fingerprint density at radius 1 is 1.07 bits per heavy atom. The maximum atomic E-state index is 12.8. The molecular weight excluding hydrogens is 378 g/mol. The average molecular weight is 403 g/mol. The van der Waals surface area contributed by atoms with E-state index < -0.39 is 11.4 Å². The smallest absolute Gasteiger partial charge is 0.335 e. The van der Waals surface area contributed by atoms with E-state index in [0.29, 0.717) is 31.6 Å². The van der Waals surface area contributed by atoms with Gasteiger partial charge in [0.2, 0.25) is 0 Å². The molecule has 6 heteroatoms. The Labute approximate surface area is 171 Å². The Morgan fingerprint density at radius 2 is 1.75 bits per heavy atom. The van der Waals surface area contributed by atoms with Crippen LogP contribution in [0, 0.1) is 0 Å². The fraction of sp³-hybridized carbons (Fsp3) is 0.364. The number of nitrogens with zero attached hydrogens (tertiary/aromatic N) is 1. The van der Waals surface area contributed by atoms with Crippen LogP contribution >= 0.6 is 0 Å². The number of carboxylic acid groups (broad SMARTS) is 1. The molecule has 0 aromatic heterocycles. The fourth-order valence-electron chi connectivity index (χ4n) is 3.79. The molecule has 2 aromatic carbocycles. The molecule has 1 heterocycles. The number of carbonyl (C=O) groups is 2. The molecule has 1 N–H and O–H groups in total. The van der Waals surface area contributed by atoms with Gasteiger partial charge in [0, 0.05) is 6.54 Å². The van der Waals surface area contributed by atoms with Crippen LogP contribution in [0.4, 0.5) is 0 Å². The maximum Gasteiger partial charge on any atom is 0.335 e. The molecule has 0 spiro atoms. The van der Waals surface area contributed by atoms with E-state index >= 15 is 0 Å². The lowest BCUT2D eigenvalue weighted by Crippen LogP contribution is -3.00. The van der Waals surface area contributed by atoms with Crippen LogP contribution in [0.3, 0.4) is 0 Å². The zero-order chi connectivity index (χ0) is 19.3. The van der Waals surface area contributed by atoms with Gasteiger partial charge in [-0.15, -0.1) is 0 Å². The minimum atomic E-state index is -0.916. The third-order valence-electron chi connectivity index (χ3n) is 5.28. The number of hydrogen-bond acceptors (Lipinski definition) is 4. The molecule has 0 atom stereocenters. The number of carbonyl (C=O) groups excluding carboxylic acids is 1. The lowest BCUT2D eigenvalue weighted by molar-refractivity contribution is -0.152. The van der Waals surface area contributed by atoms with Gasteiger partial charge in [0.15, 0.2) is 0 Å². The quantitative estimate of drug-likeness (QED) is 0.712. The van der Waals surface area contributed by atoms with Gasteiger partial charge in [0.05, 0.1) is 17.6 Å². The number of carboxylic acids is 1. The third kappa shape index (κ3) is 4.72. The van der Waals surface area contributed by atoms with Crippen LogP contribution in [0.25, 0.3) is 0 Å². The van der Waals surface area contributed by atoms with Gasteiger partial charge in [-0.05, 0) is 56.1 Å². The largest absolute Gasteiger partial charge is 1.00 e. The predicted molar refractivity (Wildman–Crippen MR) is 103 cm³/mol. The van der Waals surface area contributed by atoms with Crippen LogP contribution in [0.5, 0.6) is 0 Å². The van der Waals surface area contributed by atoms with Gasteiger partial charge < -0.3 is 22.3 Å². The molecule has 1 aliphatic rings. The first kappa shape index (κ1) is 21.9. The molecule has 28 heavy (non-hydrogen) atoms. The minimum absolute atomic E-state index is 0. The summed E-state index contributed by atoms with van der Waals surface area (Å²) in [5, 5.41) is 9.16. The molecule has 0 radical (unpaired) electrons. The van der Waals surface area contributed by atoms with Gasteiger partial charge in [-0.25, -0.2) is 4.79 Å². The van der Waals surface area contributed by atoms with E-state index in [1.54, 1.807) is 18.2 Å². The number of piperidine rings is 1. The van der Waals surface area contributed by atoms with Gasteiger partial charge in [0.1, 0.15) is 0 Å². The van der Waals surface area contributed by atoms with E-state index in [1.165, 1.54) is 0 Å². The van der Waals surface area contributed by atoms with Crippen LogP contribution < -0.4 is 12.4 Å². The Hall–Kier alpha value is -2.37. The van der Waals surface area contributed by atoms with Crippen molar-refractivity contribution in [2.24, 2.45) is 0 Å². The van der Waals surface area contributed by atoms with Crippen LogP contribution in [-0.4, -0.2) is 41.6 Å². The number of ether oxygens (including phenoxy) is 1. The Kier molecular flexibility index (Phi) is 7.61. The molecule has 5 nitrogen and oxygen atoms in total. The highest BCUT2D eigenvalue weighted by Crippen LogP contribution is 2.37. The van der Waals surface area contributed by atoms with Crippen molar-refractivity contribution in [3.05, 3.63) is 71.3 Å². The zero-order valence-electron chi connectivity index (χ0n) is 15.9. The molecule has 1 aliphatic heterocycles. The Balaban J connectivity index is 0.00000280. The monoisotopic (exact) mass is 402 g/mol. The van der Waals surface area contributed by atoms with Gasteiger partial charge >= 0.3 is 11.9 Å². The van der Waals surface area contributed by atoms with E-state index in [1.807, 2.05) is 43.3 Å². The standard InChI is InChI=1S/C22H25NO4.ClH/c1-2-27-21(26)22(19-9-4-3-5-10-19)11-13-23(14-12-22)16-17-7-6-8-18(15-17)20(24)25;/h3-10,15H,2,11-14,16H2,1H3,(H,24,25);1H/p-1. The highest BCUT2D eigenvalue weighted by Gasteiger charge is 2.44. The van der Waals surface area contributed by atoms with Crippen LogP contribution in [0.15, 0.2) is 54.6 Å². The normalized spacial score (nSPS) is 16.0. The van der Waals surface area contributed by atoms with Crippen molar-refractivity contribution < 1.29 is 31.8 Å². The number of aromatic carboxylic acids is 1. The second-order valence-corrected chi connectivity index (χ2v) is 6.95. The van der Waals surface area contributed by atoms with Crippen molar-refractivity contribution in [3.8, 4) is 0 Å². The topological polar surface area (TPSA) is 66.8 Å². The summed E-state index contributed by atoms with van der Waals surface area (Å²) in [5.74, 6) is -1.07. The second kappa shape index (κ2) is 9.71. The molecule has 2 aromatic rings. The van der Waals surface area contributed by atoms with Crippen molar-refractivity contribution in [3.63, 3.8) is 0 Å². The van der Waals surface area contributed by atoms with Crippen molar-refractivity contribution in [2.75, 3.05) is 19.7 Å². The Morgan fingerprint density at radius 3 is 2.36 bits per heavy atom. The van der Waals surface area contributed by atoms with Crippen LogP contribution in [-0.2, 0) is 21.5 Å². The first-order chi connectivity index (χ1) is 13.0. The number of rotatable bonds is 6. The van der Waals surface area contributed by atoms with E-state index in [-0.39, 0.29) is 18.4 Å². The molecule has 0 saturated carbocycles. The predicted octanol–water partition coefficient (Wildman–Crippen LogP) is 0.486. The van der Waals surface area contributed by atoms with E-state index in [2.05, 4.69) is 4.90 Å². The SMILES string of the molecule is CCOC(=O)C1(c2ccccc2)CCN(Cc2cccc(C(=O)O)c2)CC1.[Cl-]. The highest BCUT2D eigenvalue weighted by atomic mass is 35.5. The summed E-state index contributed by atoms with van der Waals surface area (Å²) >= 11 is 0. The summed E-state index contributed by atoms with van der Waals surface area (Å²) < 4.78 is 5.41. The molecule has 0 unspecified atom stereocenters. The lowest BCUT2D eigenvalue weighted by atomic mass is 9.72. The van der Waals surface area contributed by atoms with Crippen molar-refractivity contribution in [1.29, 1.82) is 0 Å². The molecule has 3 rings (SSSR count). The molecule has 1 fully saturated rings. The summed E-state index contributed by atoms with van der Waals surface area (Å²) in [6, 6.07) is 16.9. The molecular formula is C22H25ClNO4-. The first-order valence-corrected chi connectivity index (χ1v) is 9.32. The maximum absolute atomic E-state index is 12.8. The molecule has 150 valence electrons. The van der Waals surface area contributed by atoms with Gasteiger partial charge in [-0.1, -0.05) is 42.5 Å². The lowest BCUT2D eigenvalue weighted by Gasteiger charge is -2.40. The molecule has 0 aliphatic carbocycles. The minimum Gasteiger partial charge on any atom is -1.00 e. The Bertz CT molecular complexity index is 801. The number of hydrogen-bond donors (Lipinski definition) is 1. The average Bonchev–Trinajstić information content (AvgIpc) is 2.70. The van der Waals surface area contributed by atoms with Crippen molar-refractivity contribution in [1.82, 2.24) is 4.90 Å². The third-order valence-corrected chi connectivity index (χ3v) is 5.28. The molecule has 0 bridgehead atoms.